The Balaban J connectivity index is 2.12. The highest BCUT2D eigenvalue weighted by Crippen LogP contribution is 2.25. The number of aromatic nitrogens is 5. The van der Waals surface area contributed by atoms with Crippen molar-refractivity contribution in [2.45, 2.75) is 20.4 Å². The van der Waals surface area contributed by atoms with Gasteiger partial charge in [-0.05, 0) is 22.9 Å². The zero-order valence-electron chi connectivity index (χ0n) is 12.9. The number of nitrogens with zero attached hydrogens (tertiary/aromatic N) is 5. The highest BCUT2D eigenvalue weighted by atomic mass is 79.9. The summed E-state index contributed by atoms with van der Waals surface area (Å²) in [5.74, 6) is 0.737. The normalized spacial score (nSPS) is 11.1. The number of pyridine rings is 1. The molecule has 0 unspecified atom stereocenters. The number of anilines is 1. The maximum atomic E-state index is 12.0. The number of fused-ring (bicyclic) bond motifs is 1. The van der Waals surface area contributed by atoms with Gasteiger partial charge in [-0.1, -0.05) is 0 Å². The molecule has 0 saturated carbocycles. The highest BCUT2D eigenvalue weighted by molar-refractivity contribution is 9.10. The zero-order valence-corrected chi connectivity index (χ0v) is 14.5. The minimum absolute atomic E-state index is 0.156. The zero-order chi connectivity index (χ0) is 16.7. The largest absolute Gasteiger partial charge is 0.618 e. The van der Waals surface area contributed by atoms with Gasteiger partial charge >= 0.3 is 0 Å². The molecule has 0 aliphatic rings. The van der Waals surface area contributed by atoms with Crippen LogP contribution in [0.25, 0.3) is 11.2 Å². The molecular weight excluding hydrogens is 364 g/mol. The van der Waals surface area contributed by atoms with E-state index in [-0.39, 0.29) is 5.95 Å². The molecule has 0 atom stereocenters. The molecule has 120 valence electrons. The summed E-state index contributed by atoms with van der Waals surface area (Å²) < 4.78 is 8.50. The predicted molar refractivity (Wildman–Crippen MR) is 88.0 cm³/mol. The van der Waals surface area contributed by atoms with Gasteiger partial charge in [0.25, 0.3) is 0 Å². The summed E-state index contributed by atoms with van der Waals surface area (Å²) in [7, 11) is 1.55. The molecule has 0 aliphatic heterocycles. The van der Waals surface area contributed by atoms with Crippen molar-refractivity contribution in [3.63, 3.8) is 0 Å². The summed E-state index contributed by atoms with van der Waals surface area (Å²) in [5, 5.41) is 12.0. The van der Waals surface area contributed by atoms with Crippen molar-refractivity contribution in [3.05, 3.63) is 39.2 Å². The first-order valence-corrected chi connectivity index (χ1v) is 7.61. The first-order valence-electron chi connectivity index (χ1n) is 6.82. The molecule has 2 N–H and O–H groups in total. The Morgan fingerprint density at radius 3 is 2.83 bits per heavy atom. The maximum Gasteiger partial charge on any atom is 0.232 e. The number of rotatable bonds is 3. The summed E-state index contributed by atoms with van der Waals surface area (Å²) in [5.41, 5.74) is 9.16. The Hall–Kier alpha value is -2.42. The molecule has 0 spiro atoms. The Bertz CT molecular complexity index is 908. The minimum Gasteiger partial charge on any atom is -0.618 e. The van der Waals surface area contributed by atoms with Crippen molar-refractivity contribution in [1.82, 2.24) is 19.5 Å². The van der Waals surface area contributed by atoms with Crippen LogP contribution in [-0.4, -0.2) is 26.6 Å². The van der Waals surface area contributed by atoms with Crippen LogP contribution in [0.15, 0.2) is 17.1 Å². The van der Waals surface area contributed by atoms with Crippen molar-refractivity contribution in [2.75, 3.05) is 12.8 Å². The summed E-state index contributed by atoms with van der Waals surface area (Å²) in [6.07, 6.45) is 3.18. The molecule has 23 heavy (non-hydrogen) atoms. The highest BCUT2D eigenvalue weighted by Gasteiger charge is 2.18. The van der Waals surface area contributed by atoms with Crippen molar-refractivity contribution < 1.29 is 9.47 Å². The van der Waals surface area contributed by atoms with E-state index in [0.29, 0.717) is 33.8 Å². The van der Waals surface area contributed by atoms with E-state index >= 15 is 0 Å². The minimum atomic E-state index is 0.156. The lowest BCUT2D eigenvalue weighted by Gasteiger charge is -2.13. The van der Waals surface area contributed by atoms with Crippen molar-refractivity contribution in [3.8, 4) is 5.75 Å². The van der Waals surface area contributed by atoms with Crippen LogP contribution in [0.2, 0.25) is 0 Å². The Labute approximate surface area is 140 Å². The first kappa shape index (κ1) is 15.5. The van der Waals surface area contributed by atoms with E-state index in [1.807, 2.05) is 11.5 Å². The molecule has 3 aromatic heterocycles. The van der Waals surface area contributed by atoms with E-state index < -0.39 is 0 Å². The third kappa shape index (κ3) is 2.56. The van der Waals surface area contributed by atoms with Gasteiger partial charge in [-0.25, -0.2) is 9.97 Å². The molecule has 0 aromatic carbocycles. The monoisotopic (exact) mass is 378 g/mol. The average molecular weight is 379 g/mol. The van der Waals surface area contributed by atoms with Crippen LogP contribution < -0.4 is 15.2 Å². The molecule has 9 heteroatoms. The Morgan fingerprint density at radius 1 is 1.39 bits per heavy atom. The smallest absolute Gasteiger partial charge is 0.232 e. The van der Waals surface area contributed by atoms with Crippen LogP contribution in [0.1, 0.15) is 16.8 Å². The summed E-state index contributed by atoms with van der Waals surface area (Å²) in [6.45, 7) is 4.06. The van der Waals surface area contributed by atoms with Crippen molar-refractivity contribution in [1.29, 1.82) is 0 Å². The fourth-order valence-electron chi connectivity index (χ4n) is 2.54. The first-order chi connectivity index (χ1) is 10.9. The van der Waals surface area contributed by atoms with Crippen molar-refractivity contribution >= 4 is 33.0 Å². The van der Waals surface area contributed by atoms with E-state index in [2.05, 4.69) is 30.9 Å². The van der Waals surface area contributed by atoms with E-state index in [9.17, 15) is 5.21 Å². The van der Waals surface area contributed by atoms with E-state index in [1.54, 1.807) is 26.6 Å². The van der Waals surface area contributed by atoms with Crippen LogP contribution in [0, 0.1) is 19.1 Å². The summed E-state index contributed by atoms with van der Waals surface area (Å²) in [6, 6.07) is 0. The van der Waals surface area contributed by atoms with Gasteiger partial charge in [0.05, 0.1) is 20.0 Å². The van der Waals surface area contributed by atoms with Gasteiger partial charge in [0.2, 0.25) is 11.6 Å². The second-order valence-corrected chi connectivity index (χ2v) is 5.89. The molecule has 0 amide bonds. The van der Waals surface area contributed by atoms with Crippen molar-refractivity contribution in [2.24, 2.45) is 0 Å². The molecule has 0 radical (unpaired) electrons. The van der Waals surface area contributed by atoms with Gasteiger partial charge in [0.1, 0.15) is 10.1 Å². The Morgan fingerprint density at radius 2 is 2.13 bits per heavy atom. The molecule has 0 bridgehead atoms. The molecule has 3 rings (SSSR count). The maximum absolute atomic E-state index is 12.0. The number of halogens is 1. The molecule has 0 aliphatic carbocycles. The quantitative estimate of drug-likeness (QED) is 0.420. The lowest BCUT2D eigenvalue weighted by Crippen LogP contribution is -2.31. The number of nitrogens with two attached hydrogens (primary N) is 1. The third-order valence-electron chi connectivity index (χ3n) is 3.74. The van der Waals surface area contributed by atoms with Gasteiger partial charge in [0, 0.05) is 18.1 Å². The van der Waals surface area contributed by atoms with Crippen LogP contribution in [-0.2, 0) is 6.54 Å². The predicted octanol–water partition coefficient (Wildman–Crippen LogP) is 1.48. The third-order valence-corrected chi connectivity index (χ3v) is 4.29. The van der Waals surface area contributed by atoms with E-state index in [1.165, 1.54) is 0 Å². The molecule has 0 saturated heterocycles. The van der Waals surface area contributed by atoms with Gasteiger partial charge in [-0.3, -0.25) is 0 Å². The summed E-state index contributed by atoms with van der Waals surface area (Å²) in [4.78, 5) is 12.5. The van der Waals surface area contributed by atoms with Crippen LogP contribution in [0.5, 0.6) is 5.75 Å². The second kappa shape index (κ2) is 5.65. The second-order valence-electron chi connectivity index (χ2n) is 5.14. The number of hydrogen-bond donors (Lipinski definition) is 1. The van der Waals surface area contributed by atoms with Crippen LogP contribution in [0.4, 0.5) is 5.95 Å². The Kier molecular flexibility index (Phi) is 3.80. The molecular formula is C14H15BrN6O2. The van der Waals surface area contributed by atoms with E-state index in [0.717, 1.165) is 15.9 Å². The fraction of sp³-hybridized carbons (Fsp3) is 0.286. The van der Waals surface area contributed by atoms with Crippen LogP contribution in [0.3, 0.4) is 0 Å². The summed E-state index contributed by atoms with van der Waals surface area (Å²) >= 11 is 3.32. The lowest BCUT2D eigenvalue weighted by atomic mass is 10.1. The number of methoxy groups -OCH3 is 1. The molecule has 0 fully saturated rings. The fourth-order valence-corrected chi connectivity index (χ4v) is 3.00. The SMILES string of the molecule is COc1c(C)c(Cn2cnc3c(Br)nc(N)nc32)c[n+]([O-])c1C. The van der Waals surface area contributed by atoms with Gasteiger partial charge in [-0.15, -0.1) is 0 Å². The molecule has 8 nitrogen and oxygen atoms in total. The average Bonchev–Trinajstić information content (AvgIpc) is 2.89. The van der Waals surface area contributed by atoms with Gasteiger partial charge in [-0.2, -0.15) is 9.71 Å². The number of hydrogen-bond acceptors (Lipinski definition) is 6. The lowest BCUT2D eigenvalue weighted by molar-refractivity contribution is -0.613. The molecule has 3 aromatic rings. The van der Waals surface area contributed by atoms with Crippen LogP contribution >= 0.6 is 15.9 Å². The standard InChI is InChI=1S/C14H15BrN6O2/c1-7-9(5-21(22)8(2)11(7)23-3)4-20-6-17-10-12(15)18-14(16)19-13(10)20/h5-6H,4H2,1-3H3,(H2,16,18,19). The van der Waals surface area contributed by atoms with Gasteiger partial charge in [0.15, 0.2) is 17.6 Å². The number of ether oxygens (including phenoxy) is 1. The van der Waals surface area contributed by atoms with E-state index in [4.69, 9.17) is 10.5 Å². The topological polar surface area (TPSA) is 106 Å². The molecule has 3 heterocycles. The number of nitrogen functional groups attached to an aromatic ring is 1. The number of imidazole rings is 1. The van der Waals surface area contributed by atoms with Gasteiger partial charge < -0.3 is 20.2 Å².